The number of rotatable bonds is 7. The van der Waals surface area contributed by atoms with Crippen LogP contribution in [-0.2, 0) is 4.79 Å². The lowest BCUT2D eigenvalue weighted by molar-refractivity contribution is -0.127. The van der Waals surface area contributed by atoms with Crippen LogP contribution in [0.5, 0.6) is 0 Å². The third-order valence-corrected chi connectivity index (χ3v) is 4.70. The maximum atomic E-state index is 12.6. The highest BCUT2D eigenvalue weighted by atomic mass is 16.2. The van der Waals surface area contributed by atoms with Gasteiger partial charge in [0.15, 0.2) is 0 Å². The Kier molecular flexibility index (Phi) is 5.74. The summed E-state index contributed by atoms with van der Waals surface area (Å²) in [6.45, 7) is 4.08. The van der Waals surface area contributed by atoms with E-state index in [1.54, 1.807) is 0 Å². The molecule has 1 aliphatic heterocycles. The van der Waals surface area contributed by atoms with Crippen LogP contribution in [0.3, 0.4) is 0 Å². The molecule has 2 fully saturated rings. The number of amides is 3. The van der Waals surface area contributed by atoms with Crippen molar-refractivity contribution in [3.63, 3.8) is 0 Å². The quantitative estimate of drug-likeness (QED) is 0.829. The first-order chi connectivity index (χ1) is 12.2. The predicted octanol–water partition coefficient (Wildman–Crippen LogP) is 2.88. The van der Waals surface area contributed by atoms with Gasteiger partial charge in [-0.3, -0.25) is 4.79 Å². The molecule has 25 heavy (non-hydrogen) atoms. The van der Waals surface area contributed by atoms with E-state index in [-0.39, 0.29) is 18.0 Å². The molecule has 1 saturated carbocycles. The summed E-state index contributed by atoms with van der Waals surface area (Å²) in [4.78, 5) is 28.3. The Morgan fingerprint density at radius 2 is 2.08 bits per heavy atom. The summed E-state index contributed by atoms with van der Waals surface area (Å²) in [5.41, 5.74) is 1.13. The summed E-state index contributed by atoms with van der Waals surface area (Å²) in [5.74, 6) is 0.147. The van der Waals surface area contributed by atoms with Crippen LogP contribution in [0, 0.1) is 0 Å². The van der Waals surface area contributed by atoms with Gasteiger partial charge in [-0.05, 0) is 24.8 Å². The molecule has 0 spiro atoms. The molecular formula is C20H27N3O2. The molecule has 1 heterocycles. The molecule has 0 radical (unpaired) electrons. The molecule has 5 heteroatoms. The average molecular weight is 341 g/mol. The molecule has 1 unspecified atom stereocenters. The van der Waals surface area contributed by atoms with Gasteiger partial charge in [-0.2, -0.15) is 0 Å². The van der Waals surface area contributed by atoms with Crippen molar-refractivity contribution >= 4 is 18.0 Å². The first-order valence-corrected chi connectivity index (χ1v) is 9.24. The predicted molar refractivity (Wildman–Crippen MR) is 99.0 cm³/mol. The molecule has 1 aromatic rings. The SMILES string of the molecule is CCCN1CC(NC(=O)N(C/C=C/c2ccccc2)C2CC2)CC1=O. The summed E-state index contributed by atoms with van der Waals surface area (Å²) in [7, 11) is 0. The van der Waals surface area contributed by atoms with Crippen molar-refractivity contribution in [3.05, 3.63) is 42.0 Å². The van der Waals surface area contributed by atoms with Gasteiger partial charge in [0, 0.05) is 32.1 Å². The molecule has 2 aliphatic rings. The highest BCUT2D eigenvalue weighted by molar-refractivity contribution is 5.82. The second-order valence-electron chi connectivity index (χ2n) is 6.89. The number of nitrogens with one attached hydrogen (secondary N) is 1. The van der Waals surface area contributed by atoms with E-state index >= 15 is 0 Å². The zero-order valence-corrected chi connectivity index (χ0v) is 14.9. The molecule has 1 aromatic carbocycles. The summed E-state index contributed by atoms with van der Waals surface area (Å²) in [6, 6.07) is 10.3. The Morgan fingerprint density at radius 1 is 1.32 bits per heavy atom. The van der Waals surface area contributed by atoms with Gasteiger partial charge in [-0.15, -0.1) is 0 Å². The number of likely N-dealkylation sites (tertiary alicyclic amines) is 1. The van der Waals surface area contributed by atoms with Crippen LogP contribution in [0.1, 0.15) is 38.2 Å². The topological polar surface area (TPSA) is 52.7 Å². The van der Waals surface area contributed by atoms with Crippen molar-refractivity contribution in [3.8, 4) is 0 Å². The monoisotopic (exact) mass is 341 g/mol. The van der Waals surface area contributed by atoms with E-state index in [4.69, 9.17) is 0 Å². The zero-order chi connectivity index (χ0) is 17.6. The normalized spacial score (nSPS) is 20.3. The van der Waals surface area contributed by atoms with Gasteiger partial charge in [-0.1, -0.05) is 49.4 Å². The van der Waals surface area contributed by atoms with Gasteiger partial charge in [-0.25, -0.2) is 4.79 Å². The van der Waals surface area contributed by atoms with Crippen LogP contribution in [0.15, 0.2) is 36.4 Å². The fourth-order valence-electron chi connectivity index (χ4n) is 3.26. The van der Waals surface area contributed by atoms with E-state index in [9.17, 15) is 9.59 Å². The molecule has 3 rings (SSSR count). The molecule has 1 N–H and O–H groups in total. The highest BCUT2D eigenvalue weighted by Crippen LogP contribution is 2.27. The molecular weight excluding hydrogens is 314 g/mol. The second-order valence-corrected chi connectivity index (χ2v) is 6.89. The first-order valence-electron chi connectivity index (χ1n) is 9.24. The second kappa shape index (κ2) is 8.19. The van der Waals surface area contributed by atoms with Crippen LogP contribution < -0.4 is 5.32 Å². The van der Waals surface area contributed by atoms with E-state index in [0.717, 1.165) is 31.4 Å². The fraction of sp³-hybridized carbons (Fsp3) is 0.500. The average Bonchev–Trinajstić information content (AvgIpc) is 3.38. The lowest BCUT2D eigenvalue weighted by Gasteiger charge is -2.24. The van der Waals surface area contributed by atoms with Crippen LogP contribution in [-0.4, -0.2) is 53.5 Å². The Morgan fingerprint density at radius 3 is 2.76 bits per heavy atom. The Labute approximate surface area is 149 Å². The highest BCUT2D eigenvalue weighted by Gasteiger charge is 2.35. The lowest BCUT2D eigenvalue weighted by atomic mass is 10.2. The van der Waals surface area contributed by atoms with E-state index in [2.05, 4.69) is 12.2 Å². The number of benzene rings is 1. The molecule has 1 atom stereocenters. The largest absolute Gasteiger partial charge is 0.341 e. The van der Waals surface area contributed by atoms with E-state index in [1.165, 1.54) is 0 Å². The molecule has 3 amide bonds. The zero-order valence-electron chi connectivity index (χ0n) is 14.9. The molecule has 0 aromatic heterocycles. The number of carbonyl (C=O) groups is 2. The van der Waals surface area contributed by atoms with Crippen molar-refractivity contribution in [1.29, 1.82) is 0 Å². The smallest absolute Gasteiger partial charge is 0.318 e. The van der Waals surface area contributed by atoms with Gasteiger partial charge >= 0.3 is 6.03 Å². The van der Waals surface area contributed by atoms with Gasteiger partial charge in [0.1, 0.15) is 0 Å². The summed E-state index contributed by atoms with van der Waals surface area (Å²) in [5, 5.41) is 3.06. The van der Waals surface area contributed by atoms with E-state index < -0.39 is 0 Å². The van der Waals surface area contributed by atoms with Crippen molar-refractivity contribution in [1.82, 2.24) is 15.1 Å². The van der Waals surface area contributed by atoms with E-state index in [1.807, 2.05) is 52.3 Å². The minimum atomic E-state index is -0.0640. The standard InChI is InChI=1S/C20H27N3O2/c1-2-12-22-15-17(14-19(22)24)21-20(25)23(18-10-11-18)13-6-9-16-7-4-3-5-8-16/h3-9,17-18H,2,10-15H2,1H3,(H,21,25)/b9-6+. The molecule has 5 nitrogen and oxygen atoms in total. The van der Waals surface area contributed by atoms with Crippen LogP contribution in [0.4, 0.5) is 4.79 Å². The van der Waals surface area contributed by atoms with Gasteiger partial charge in [0.25, 0.3) is 0 Å². The molecule has 134 valence electrons. The first kappa shape index (κ1) is 17.5. The van der Waals surface area contributed by atoms with Gasteiger partial charge in [0.2, 0.25) is 5.91 Å². The third kappa shape index (κ3) is 4.84. The van der Waals surface area contributed by atoms with Crippen molar-refractivity contribution in [2.45, 2.75) is 44.7 Å². The maximum absolute atomic E-state index is 12.6. The van der Waals surface area contributed by atoms with Crippen molar-refractivity contribution < 1.29 is 9.59 Å². The van der Waals surface area contributed by atoms with E-state index in [0.29, 0.717) is 25.6 Å². The number of hydrogen-bond acceptors (Lipinski definition) is 2. The Hall–Kier alpha value is -2.30. The minimum absolute atomic E-state index is 0.0450. The minimum Gasteiger partial charge on any atom is -0.341 e. The van der Waals surface area contributed by atoms with Crippen molar-refractivity contribution in [2.24, 2.45) is 0 Å². The third-order valence-electron chi connectivity index (χ3n) is 4.70. The molecule has 1 saturated heterocycles. The molecule has 1 aliphatic carbocycles. The van der Waals surface area contributed by atoms with Gasteiger partial charge < -0.3 is 15.1 Å². The Bertz CT molecular complexity index is 625. The number of carbonyl (C=O) groups excluding carboxylic acids is 2. The lowest BCUT2D eigenvalue weighted by Crippen LogP contribution is -2.46. The van der Waals surface area contributed by atoms with Gasteiger partial charge in [0.05, 0.1) is 6.04 Å². The maximum Gasteiger partial charge on any atom is 0.318 e. The Balaban J connectivity index is 1.53. The van der Waals surface area contributed by atoms with Crippen LogP contribution in [0.2, 0.25) is 0 Å². The number of urea groups is 1. The molecule has 0 bridgehead atoms. The van der Waals surface area contributed by atoms with Crippen molar-refractivity contribution in [2.75, 3.05) is 19.6 Å². The van der Waals surface area contributed by atoms with Crippen LogP contribution in [0.25, 0.3) is 6.08 Å². The summed E-state index contributed by atoms with van der Waals surface area (Å²) < 4.78 is 0. The summed E-state index contributed by atoms with van der Waals surface area (Å²) >= 11 is 0. The fourth-order valence-corrected chi connectivity index (χ4v) is 3.26. The number of hydrogen-bond donors (Lipinski definition) is 1. The summed E-state index contributed by atoms with van der Waals surface area (Å²) in [6.07, 6.45) is 7.59. The van der Waals surface area contributed by atoms with Crippen LogP contribution >= 0.6 is 0 Å². The number of nitrogens with zero attached hydrogens (tertiary/aromatic N) is 2.